The van der Waals surface area contributed by atoms with Crippen molar-refractivity contribution < 1.29 is 9.53 Å². The predicted molar refractivity (Wildman–Crippen MR) is 86.9 cm³/mol. The molecule has 2 N–H and O–H groups in total. The molecule has 1 heterocycles. The van der Waals surface area contributed by atoms with Crippen LogP contribution in [0.1, 0.15) is 32.3 Å². The minimum absolute atomic E-state index is 0. The van der Waals surface area contributed by atoms with Crippen LogP contribution < -0.4 is 15.4 Å². The Morgan fingerprint density at radius 3 is 2.67 bits per heavy atom. The van der Waals surface area contributed by atoms with Gasteiger partial charge in [0, 0.05) is 13.1 Å². The normalized spacial score (nSPS) is 18.0. The van der Waals surface area contributed by atoms with Gasteiger partial charge in [0.1, 0.15) is 5.75 Å². The quantitative estimate of drug-likeness (QED) is 0.878. The molecule has 1 aromatic carbocycles. The lowest BCUT2D eigenvalue weighted by Gasteiger charge is -2.21. The van der Waals surface area contributed by atoms with Crippen molar-refractivity contribution in [2.24, 2.45) is 5.92 Å². The lowest BCUT2D eigenvalue weighted by Crippen LogP contribution is -2.40. The van der Waals surface area contributed by atoms with E-state index in [0.29, 0.717) is 6.54 Å². The van der Waals surface area contributed by atoms with Gasteiger partial charge in [-0.2, -0.15) is 0 Å². The van der Waals surface area contributed by atoms with E-state index in [2.05, 4.69) is 10.6 Å². The van der Waals surface area contributed by atoms with E-state index >= 15 is 0 Å². The first kappa shape index (κ1) is 17.8. The number of rotatable bonds is 5. The van der Waals surface area contributed by atoms with E-state index in [-0.39, 0.29) is 30.3 Å². The van der Waals surface area contributed by atoms with Crippen molar-refractivity contribution in [1.29, 1.82) is 0 Å². The molecule has 4 nitrogen and oxygen atoms in total. The highest BCUT2D eigenvalue weighted by atomic mass is 35.5. The van der Waals surface area contributed by atoms with Gasteiger partial charge >= 0.3 is 0 Å². The third kappa shape index (κ3) is 5.94. The van der Waals surface area contributed by atoms with Crippen molar-refractivity contribution in [3.8, 4) is 5.75 Å². The molecule has 118 valence electrons. The van der Waals surface area contributed by atoms with Crippen molar-refractivity contribution >= 4 is 18.3 Å². The fourth-order valence-corrected chi connectivity index (χ4v) is 2.37. The minimum atomic E-state index is 0. The summed E-state index contributed by atoms with van der Waals surface area (Å²) in [6.07, 6.45) is 2.25. The SMILES string of the molecule is CC(C)Oc1ccc(CNC(=O)C2CCCNC2)cc1.Cl. The second-order valence-corrected chi connectivity index (χ2v) is 5.57. The first-order chi connectivity index (χ1) is 9.65. The zero-order chi connectivity index (χ0) is 14.4. The number of hydrogen-bond donors (Lipinski definition) is 2. The smallest absolute Gasteiger partial charge is 0.224 e. The van der Waals surface area contributed by atoms with Gasteiger partial charge in [-0.15, -0.1) is 12.4 Å². The Bertz CT molecular complexity index is 428. The molecule has 1 atom stereocenters. The van der Waals surface area contributed by atoms with E-state index in [1.807, 2.05) is 38.1 Å². The van der Waals surface area contributed by atoms with Crippen LogP contribution in [0.3, 0.4) is 0 Å². The second kappa shape index (κ2) is 8.90. The monoisotopic (exact) mass is 312 g/mol. The number of halogens is 1. The van der Waals surface area contributed by atoms with Crippen molar-refractivity contribution in [3.63, 3.8) is 0 Å². The van der Waals surface area contributed by atoms with Crippen molar-refractivity contribution in [2.75, 3.05) is 13.1 Å². The van der Waals surface area contributed by atoms with Crippen molar-refractivity contribution in [1.82, 2.24) is 10.6 Å². The molecule has 1 aromatic rings. The number of benzene rings is 1. The van der Waals surface area contributed by atoms with E-state index in [1.54, 1.807) is 0 Å². The summed E-state index contributed by atoms with van der Waals surface area (Å²) >= 11 is 0. The highest BCUT2D eigenvalue weighted by molar-refractivity contribution is 5.85. The zero-order valence-electron chi connectivity index (χ0n) is 12.7. The summed E-state index contributed by atoms with van der Waals surface area (Å²) in [5, 5.41) is 6.27. The Kier molecular flexibility index (Phi) is 7.54. The van der Waals surface area contributed by atoms with Gasteiger partial charge < -0.3 is 15.4 Å². The molecular formula is C16H25ClN2O2. The number of carbonyl (C=O) groups is 1. The van der Waals surface area contributed by atoms with Crippen LogP contribution in [0.5, 0.6) is 5.75 Å². The summed E-state index contributed by atoms with van der Waals surface area (Å²) in [6.45, 7) is 6.42. The zero-order valence-corrected chi connectivity index (χ0v) is 13.5. The molecule has 21 heavy (non-hydrogen) atoms. The Morgan fingerprint density at radius 1 is 1.38 bits per heavy atom. The lowest BCUT2D eigenvalue weighted by molar-refractivity contribution is -0.125. The van der Waals surface area contributed by atoms with E-state index in [0.717, 1.165) is 37.2 Å². The maximum Gasteiger partial charge on any atom is 0.224 e. The van der Waals surface area contributed by atoms with Gasteiger partial charge in [-0.1, -0.05) is 12.1 Å². The molecule has 0 bridgehead atoms. The minimum Gasteiger partial charge on any atom is -0.491 e. The largest absolute Gasteiger partial charge is 0.491 e. The van der Waals surface area contributed by atoms with Gasteiger partial charge in [-0.05, 0) is 50.9 Å². The number of amides is 1. The first-order valence-corrected chi connectivity index (χ1v) is 7.39. The Hall–Kier alpha value is -1.26. The van der Waals surface area contributed by atoms with Crippen LogP contribution in [0.2, 0.25) is 0 Å². The molecule has 0 aliphatic carbocycles. The number of nitrogens with one attached hydrogen (secondary N) is 2. The topological polar surface area (TPSA) is 50.4 Å². The summed E-state index contributed by atoms with van der Waals surface area (Å²) in [6, 6.07) is 7.89. The van der Waals surface area contributed by atoms with Crippen LogP contribution in [-0.2, 0) is 11.3 Å². The molecule has 1 unspecified atom stereocenters. The molecule has 0 saturated carbocycles. The van der Waals surface area contributed by atoms with E-state index in [9.17, 15) is 4.79 Å². The maximum atomic E-state index is 12.0. The van der Waals surface area contributed by atoms with Crippen LogP contribution in [-0.4, -0.2) is 25.1 Å². The molecule has 1 aliphatic rings. The highest BCUT2D eigenvalue weighted by Crippen LogP contribution is 2.14. The van der Waals surface area contributed by atoms with E-state index in [4.69, 9.17) is 4.74 Å². The standard InChI is InChI=1S/C16H24N2O2.ClH/c1-12(2)20-15-7-5-13(6-8-15)10-18-16(19)14-4-3-9-17-11-14;/h5-8,12,14,17H,3-4,9-11H2,1-2H3,(H,18,19);1H. The number of hydrogen-bond acceptors (Lipinski definition) is 3. The molecular weight excluding hydrogens is 288 g/mol. The molecule has 1 aliphatic heterocycles. The Balaban J connectivity index is 0.00000220. The average Bonchev–Trinajstić information content (AvgIpc) is 2.46. The van der Waals surface area contributed by atoms with Gasteiger partial charge in [-0.3, -0.25) is 4.79 Å². The number of carbonyl (C=O) groups excluding carboxylic acids is 1. The second-order valence-electron chi connectivity index (χ2n) is 5.57. The fourth-order valence-electron chi connectivity index (χ4n) is 2.37. The van der Waals surface area contributed by atoms with Crippen LogP contribution in [0.25, 0.3) is 0 Å². The predicted octanol–water partition coefficient (Wildman–Crippen LogP) is 2.51. The summed E-state index contributed by atoms with van der Waals surface area (Å²) in [4.78, 5) is 12.0. The third-order valence-corrected chi connectivity index (χ3v) is 3.43. The summed E-state index contributed by atoms with van der Waals surface area (Å²) in [7, 11) is 0. The lowest BCUT2D eigenvalue weighted by atomic mass is 9.99. The summed E-state index contributed by atoms with van der Waals surface area (Å²) in [5.74, 6) is 1.14. The van der Waals surface area contributed by atoms with Crippen molar-refractivity contribution in [3.05, 3.63) is 29.8 Å². The molecule has 2 rings (SSSR count). The summed E-state index contributed by atoms with van der Waals surface area (Å²) in [5.41, 5.74) is 1.10. The highest BCUT2D eigenvalue weighted by Gasteiger charge is 2.20. The molecule has 0 aromatic heterocycles. The van der Waals surface area contributed by atoms with Gasteiger partial charge in [0.15, 0.2) is 0 Å². The van der Waals surface area contributed by atoms with E-state index < -0.39 is 0 Å². The Morgan fingerprint density at radius 2 is 2.10 bits per heavy atom. The van der Waals surface area contributed by atoms with Crippen molar-refractivity contribution in [2.45, 2.75) is 39.3 Å². The third-order valence-electron chi connectivity index (χ3n) is 3.43. The molecule has 1 amide bonds. The fraction of sp³-hybridized carbons (Fsp3) is 0.562. The first-order valence-electron chi connectivity index (χ1n) is 7.39. The van der Waals surface area contributed by atoms with Gasteiger partial charge in [0.25, 0.3) is 0 Å². The van der Waals surface area contributed by atoms with E-state index in [1.165, 1.54) is 0 Å². The van der Waals surface area contributed by atoms with Crippen LogP contribution in [0, 0.1) is 5.92 Å². The van der Waals surface area contributed by atoms with Gasteiger partial charge in [-0.25, -0.2) is 0 Å². The Labute approximate surface area is 133 Å². The van der Waals surface area contributed by atoms with Gasteiger partial charge in [0.2, 0.25) is 5.91 Å². The maximum absolute atomic E-state index is 12.0. The van der Waals surface area contributed by atoms with Crippen LogP contribution in [0.15, 0.2) is 24.3 Å². The number of piperidine rings is 1. The average molecular weight is 313 g/mol. The molecule has 0 radical (unpaired) electrons. The molecule has 5 heteroatoms. The molecule has 1 fully saturated rings. The van der Waals surface area contributed by atoms with Crippen LogP contribution >= 0.6 is 12.4 Å². The van der Waals surface area contributed by atoms with Crippen LogP contribution in [0.4, 0.5) is 0 Å². The van der Waals surface area contributed by atoms with Gasteiger partial charge in [0.05, 0.1) is 12.0 Å². The molecule has 0 spiro atoms. The summed E-state index contributed by atoms with van der Waals surface area (Å²) < 4.78 is 5.59. The molecule has 1 saturated heterocycles. The number of ether oxygens (including phenoxy) is 1.